The van der Waals surface area contributed by atoms with Crippen LogP contribution in [0, 0.1) is 5.41 Å². The van der Waals surface area contributed by atoms with Crippen molar-refractivity contribution in [3.8, 4) is 5.75 Å². The number of phenols is 1. The van der Waals surface area contributed by atoms with Crippen molar-refractivity contribution in [3.05, 3.63) is 95.1 Å². The minimum atomic E-state index is 0.362. The predicted molar refractivity (Wildman–Crippen MR) is 155 cm³/mol. The lowest BCUT2D eigenvalue weighted by Crippen LogP contribution is -2.44. The van der Waals surface area contributed by atoms with E-state index in [1.807, 2.05) is 12.1 Å². The van der Waals surface area contributed by atoms with Crippen LogP contribution in [-0.2, 0) is 6.42 Å². The van der Waals surface area contributed by atoms with E-state index in [-0.39, 0.29) is 0 Å². The van der Waals surface area contributed by atoms with Crippen molar-refractivity contribution < 1.29 is 5.11 Å². The third-order valence-electron chi connectivity index (χ3n) is 8.96. The van der Waals surface area contributed by atoms with E-state index in [1.54, 1.807) is 0 Å². The van der Waals surface area contributed by atoms with Crippen LogP contribution >= 0.6 is 0 Å². The lowest BCUT2D eigenvalue weighted by atomic mass is 9.72. The molecule has 3 aromatic rings. The van der Waals surface area contributed by atoms with Crippen LogP contribution in [0.1, 0.15) is 73.6 Å². The maximum atomic E-state index is 10.2. The molecule has 3 heteroatoms. The van der Waals surface area contributed by atoms with Gasteiger partial charge in [0.1, 0.15) is 5.75 Å². The van der Waals surface area contributed by atoms with Crippen LogP contribution in [0.15, 0.2) is 72.8 Å². The van der Waals surface area contributed by atoms with Gasteiger partial charge in [-0.2, -0.15) is 0 Å². The second-order valence-corrected chi connectivity index (χ2v) is 11.4. The topological polar surface area (TPSA) is 35.5 Å². The number of anilines is 1. The Morgan fingerprint density at radius 2 is 1.49 bits per heavy atom. The third kappa shape index (κ3) is 5.20. The maximum absolute atomic E-state index is 10.2. The summed E-state index contributed by atoms with van der Waals surface area (Å²) in [5.41, 5.74) is 9.70. The number of nitrogens with one attached hydrogen (secondary N) is 1. The zero-order valence-electron chi connectivity index (χ0n) is 22.0. The molecule has 0 aromatic heterocycles. The first kappa shape index (κ1) is 24.3. The van der Waals surface area contributed by atoms with Crippen molar-refractivity contribution >= 4 is 16.8 Å². The van der Waals surface area contributed by atoms with E-state index < -0.39 is 0 Å². The van der Waals surface area contributed by atoms with Crippen LogP contribution in [0.3, 0.4) is 0 Å². The Morgan fingerprint density at radius 3 is 2.27 bits per heavy atom. The Kier molecular flexibility index (Phi) is 7.06. The molecule has 1 aliphatic carbocycles. The molecule has 2 N–H and O–H groups in total. The van der Waals surface area contributed by atoms with E-state index in [4.69, 9.17) is 0 Å². The third-order valence-corrected chi connectivity index (χ3v) is 8.96. The van der Waals surface area contributed by atoms with E-state index in [9.17, 15) is 5.11 Å². The van der Waals surface area contributed by atoms with Crippen molar-refractivity contribution in [1.29, 1.82) is 0 Å². The summed E-state index contributed by atoms with van der Waals surface area (Å²) < 4.78 is 0. The van der Waals surface area contributed by atoms with Gasteiger partial charge in [0, 0.05) is 18.8 Å². The summed E-state index contributed by atoms with van der Waals surface area (Å²) in [7, 11) is 0. The monoisotopic (exact) mass is 492 g/mol. The maximum Gasteiger partial charge on any atom is 0.115 e. The first-order valence-corrected chi connectivity index (χ1v) is 14.4. The highest BCUT2D eigenvalue weighted by Gasteiger charge is 2.35. The number of fused-ring (bicyclic) bond motifs is 1. The zero-order valence-corrected chi connectivity index (χ0v) is 22.0. The molecule has 192 valence electrons. The molecule has 0 unspecified atom stereocenters. The van der Waals surface area contributed by atoms with Crippen LogP contribution in [0.25, 0.3) is 11.1 Å². The summed E-state index contributed by atoms with van der Waals surface area (Å²) >= 11 is 0. The van der Waals surface area contributed by atoms with Gasteiger partial charge < -0.3 is 15.3 Å². The number of phenolic OH excluding ortho intramolecular Hbond substituents is 1. The molecule has 0 atom stereocenters. The van der Waals surface area contributed by atoms with Crippen molar-refractivity contribution in [3.63, 3.8) is 0 Å². The zero-order chi connectivity index (χ0) is 25.1. The van der Waals surface area contributed by atoms with E-state index in [0.29, 0.717) is 11.2 Å². The standard InChI is InChI=1S/C34H40N2O/c37-30-16-17-32-28(24-30)10-4-11-31(26-8-2-1-3-9-26)33(32)27-12-14-29(15-13-27)36-23-7-20-34(25-36)18-5-21-35-22-6-19-34/h1-3,8-9,12-17,24,35,37H,4-7,10-11,18-23,25H2. The average molecular weight is 493 g/mol. The number of rotatable bonds is 3. The van der Waals surface area contributed by atoms with Gasteiger partial charge >= 0.3 is 0 Å². The number of aromatic hydroxyl groups is 1. The van der Waals surface area contributed by atoms with Crippen molar-refractivity contribution in [2.24, 2.45) is 5.41 Å². The first-order valence-electron chi connectivity index (χ1n) is 14.4. The summed E-state index contributed by atoms with van der Waals surface area (Å²) in [5.74, 6) is 0.362. The summed E-state index contributed by atoms with van der Waals surface area (Å²) in [6.45, 7) is 4.72. The highest BCUT2D eigenvalue weighted by Crippen LogP contribution is 2.43. The molecule has 3 nitrogen and oxygen atoms in total. The van der Waals surface area contributed by atoms with Crippen LogP contribution in [0.2, 0.25) is 0 Å². The minimum absolute atomic E-state index is 0.362. The smallest absolute Gasteiger partial charge is 0.115 e. The van der Waals surface area contributed by atoms with Gasteiger partial charge in [0.15, 0.2) is 0 Å². The molecule has 3 aromatic carbocycles. The quantitative estimate of drug-likeness (QED) is 0.399. The molecule has 0 saturated carbocycles. The average Bonchev–Trinajstić information content (AvgIpc) is 3.11. The van der Waals surface area contributed by atoms with Gasteiger partial charge in [-0.3, -0.25) is 0 Å². The van der Waals surface area contributed by atoms with Gasteiger partial charge in [0.2, 0.25) is 0 Å². The van der Waals surface area contributed by atoms with E-state index in [0.717, 1.165) is 19.3 Å². The van der Waals surface area contributed by atoms with Gasteiger partial charge in [-0.05, 0) is 134 Å². The van der Waals surface area contributed by atoms with E-state index in [1.165, 1.54) is 104 Å². The number of piperidine rings is 1. The van der Waals surface area contributed by atoms with Crippen molar-refractivity contribution in [2.45, 2.75) is 57.8 Å². The summed E-state index contributed by atoms with van der Waals surface area (Å²) in [6, 6.07) is 26.2. The molecule has 37 heavy (non-hydrogen) atoms. The number of benzene rings is 3. The second kappa shape index (κ2) is 10.8. The summed E-state index contributed by atoms with van der Waals surface area (Å²) in [6.07, 6.45) is 11.1. The SMILES string of the molecule is Oc1ccc2c(c1)CCCC(c1ccccc1)=C2c1ccc(N2CCCC3(CCCNCCC3)C2)cc1. The molecule has 2 heterocycles. The molecule has 2 saturated heterocycles. The van der Waals surface area contributed by atoms with Gasteiger partial charge in [-0.25, -0.2) is 0 Å². The van der Waals surface area contributed by atoms with Crippen LogP contribution in [0.4, 0.5) is 5.69 Å². The summed E-state index contributed by atoms with van der Waals surface area (Å²) in [4.78, 5) is 2.66. The normalized spacial score (nSPS) is 20.2. The molecular formula is C34H40N2O. The second-order valence-electron chi connectivity index (χ2n) is 11.4. The Hall–Kier alpha value is -3.04. The molecule has 6 rings (SSSR count). The summed E-state index contributed by atoms with van der Waals surface area (Å²) in [5, 5.41) is 13.8. The fraction of sp³-hybridized carbons (Fsp3) is 0.412. The number of aryl methyl sites for hydroxylation is 1. The largest absolute Gasteiger partial charge is 0.508 e. The molecule has 1 spiro atoms. The minimum Gasteiger partial charge on any atom is -0.508 e. The first-order chi connectivity index (χ1) is 18.2. The van der Waals surface area contributed by atoms with Crippen LogP contribution in [-0.4, -0.2) is 31.3 Å². The Bertz CT molecular complexity index is 1240. The number of allylic oxidation sites excluding steroid dienone is 1. The van der Waals surface area contributed by atoms with Crippen LogP contribution in [0.5, 0.6) is 5.75 Å². The molecule has 3 aliphatic rings. The van der Waals surface area contributed by atoms with E-state index in [2.05, 4.69) is 70.9 Å². The van der Waals surface area contributed by atoms with Gasteiger partial charge in [-0.1, -0.05) is 48.5 Å². The lowest BCUT2D eigenvalue weighted by Gasteiger charge is -2.45. The predicted octanol–water partition coefficient (Wildman–Crippen LogP) is 7.44. The molecule has 2 aliphatic heterocycles. The number of nitrogens with zero attached hydrogens (tertiary/aromatic N) is 1. The highest BCUT2D eigenvalue weighted by atomic mass is 16.3. The number of hydrogen-bond acceptors (Lipinski definition) is 3. The van der Waals surface area contributed by atoms with Crippen LogP contribution < -0.4 is 10.2 Å². The Labute approximate surface area is 222 Å². The Balaban J connectivity index is 1.35. The Morgan fingerprint density at radius 1 is 0.730 bits per heavy atom. The molecule has 2 fully saturated rings. The fourth-order valence-corrected chi connectivity index (χ4v) is 7.13. The van der Waals surface area contributed by atoms with Crippen molar-refractivity contribution in [2.75, 3.05) is 31.1 Å². The van der Waals surface area contributed by atoms with Gasteiger partial charge in [-0.15, -0.1) is 0 Å². The molecule has 0 amide bonds. The molecular weight excluding hydrogens is 452 g/mol. The molecule has 0 radical (unpaired) electrons. The lowest BCUT2D eigenvalue weighted by molar-refractivity contribution is 0.176. The highest BCUT2D eigenvalue weighted by molar-refractivity contribution is 6.00. The molecule has 0 bridgehead atoms. The van der Waals surface area contributed by atoms with Crippen molar-refractivity contribution in [1.82, 2.24) is 5.32 Å². The number of hydrogen-bond donors (Lipinski definition) is 2. The van der Waals surface area contributed by atoms with E-state index >= 15 is 0 Å². The fourth-order valence-electron chi connectivity index (χ4n) is 7.13. The van der Waals surface area contributed by atoms with Gasteiger partial charge in [0.25, 0.3) is 0 Å². The van der Waals surface area contributed by atoms with Gasteiger partial charge in [0.05, 0.1) is 0 Å².